The minimum absolute atomic E-state index is 0.586. The molecule has 0 aromatic heterocycles. The molecule has 0 amide bonds. The molecule has 2 aromatic rings. The van der Waals surface area contributed by atoms with Gasteiger partial charge in [0.05, 0.1) is 16.9 Å². The zero-order chi connectivity index (χ0) is 19.2. The van der Waals surface area contributed by atoms with Crippen LogP contribution in [0.2, 0.25) is 0 Å². The Bertz CT molecular complexity index is 716. The fraction of sp³-hybridized carbons (Fsp3) is 0.400. The molecule has 0 bridgehead atoms. The lowest BCUT2D eigenvalue weighted by Crippen LogP contribution is -2.22. The Morgan fingerprint density at radius 1 is 0.962 bits per heavy atom. The van der Waals surface area contributed by atoms with E-state index in [-0.39, 0.29) is 0 Å². The third-order valence-electron chi connectivity index (χ3n) is 3.94. The molecule has 0 atom stereocenters. The van der Waals surface area contributed by atoms with E-state index in [0.29, 0.717) is 5.69 Å². The molecule has 6 heteroatoms. The van der Waals surface area contributed by atoms with Crippen LogP contribution in [0.5, 0.6) is 0 Å². The van der Waals surface area contributed by atoms with Crippen molar-refractivity contribution in [2.45, 2.75) is 42.2 Å². The van der Waals surface area contributed by atoms with Crippen LogP contribution in [-0.2, 0) is 6.18 Å². The lowest BCUT2D eigenvalue weighted by Gasteiger charge is -2.33. The van der Waals surface area contributed by atoms with Gasteiger partial charge in [0, 0.05) is 16.3 Å². The number of nitrogens with one attached hydrogen (secondary N) is 1. The lowest BCUT2D eigenvalue weighted by atomic mass is 10.1. The first-order chi connectivity index (χ1) is 12.4. The Hall–Kier alpha value is -1.66. The monoisotopic (exact) mass is 382 g/mol. The molecule has 2 nitrogen and oxygen atoms in total. The highest BCUT2D eigenvalue weighted by Crippen LogP contribution is 2.49. The smallest absolute Gasteiger partial charge is 0.340 e. The number of fused-ring (bicyclic) bond motifs is 2. The van der Waals surface area contributed by atoms with Crippen LogP contribution in [0, 0.1) is 0 Å². The van der Waals surface area contributed by atoms with Crippen LogP contribution in [0.15, 0.2) is 52.3 Å². The molecule has 142 valence electrons. The van der Waals surface area contributed by atoms with Crippen LogP contribution in [0.1, 0.15) is 31.7 Å². The van der Waals surface area contributed by atoms with Crippen LogP contribution in [-0.4, -0.2) is 20.6 Å². The van der Waals surface area contributed by atoms with Gasteiger partial charge in [0.25, 0.3) is 0 Å². The van der Waals surface area contributed by atoms with Crippen molar-refractivity contribution in [3.63, 3.8) is 0 Å². The van der Waals surface area contributed by atoms with Gasteiger partial charge in [-0.1, -0.05) is 43.7 Å². The van der Waals surface area contributed by atoms with Gasteiger partial charge in [-0.05, 0) is 50.8 Å². The van der Waals surface area contributed by atoms with Gasteiger partial charge in [-0.15, -0.1) is 0 Å². The molecule has 1 heterocycles. The number of para-hydroxylation sites is 1. The summed E-state index contributed by atoms with van der Waals surface area (Å²) in [5, 5.41) is 2.75. The molecule has 0 saturated heterocycles. The molecule has 0 fully saturated rings. The normalized spacial score (nSPS) is 12.8. The molecular formula is C20H25F3N2S. The highest BCUT2D eigenvalue weighted by Gasteiger charge is 2.33. The van der Waals surface area contributed by atoms with Crippen molar-refractivity contribution in [1.29, 1.82) is 0 Å². The Morgan fingerprint density at radius 2 is 1.62 bits per heavy atom. The van der Waals surface area contributed by atoms with E-state index in [4.69, 9.17) is 0 Å². The Labute approximate surface area is 157 Å². The number of hydrogen-bond acceptors (Lipinski definition) is 3. The number of anilines is 2. The van der Waals surface area contributed by atoms with E-state index in [1.807, 2.05) is 43.3 Å². The zero-order valence-corrected chi connectivity index (χ0v) is 16.2. The number of hydrogen-bond donors (Lipinski definition) is 1. The van der Waals surface area contributed by atoms with Gasteiger partial charge in [-0.25, -0.2) is 0 Å². The first-order valence-electron chi connectivity index (χ1n) is 8.76. The molecule has 0 spiro atoms. The number of nitrogens with zero attached hydrogens (tertiary/aromatic N) is 1. The fourth-order valence-corrected chi connectivity index (χ4v) is 3.84. The molecule has 3 rings (SSSR count). The van der Waals surface area contributed by atoms with Crippen molar-refractivity contribution in [3.8, 4) is 0 Å². The molecule has 0 saturated carbocycles. The predicted octanol–water partition coefficient (Wildman–Crippen LogP) is 6.33. The largest absolute Gasteiger partial charge is 0.416 e. The standard InChI is InChI=1S/C18H18F3NS.C2H7N/c1-2-3-6-11-22-14-7-4-5-8-16(14)23-17-10-9-13(12-15(17)22)18(19,20)21;1-3-2/h4-5,7-10,12H,2-3,6,11H2,1H3;3H,1-2H3. The Kier molecular flexibility index (Phi) is 7.41. The van der Waals surface area contributed by atoms with Crippen molar-refractivity contribution in [3.05, 3.63) is 48.0 Å². The minimum atomic E-state index is -4.31. The number of benzene rings is 2. The van der Waals surface area contributed by atoms with Gasteiger partial charge in [0.2, 0.25) is 0 Å². The molecule has 0 radical (unpaired) electrons. The third-order valence-corrected chi connectivity index (χ3v) is 5.07. The van der Waals surface area contributed by atoms with Crippen LogP contribution < -0.4 is 10.2 Å². The topological polar surface area (TPSA) is 15.3 Å². The maximum Gasteiger partial charge on any atom is 0.416 e. The maximum atomic E-state index is 13.1. The van der Waals surface area contributed by atoms with Crippen molar-refractivity contribution >= 4 is 23.1 Å². The van der Waals surface area contributed by atoms with Crippen LogP contribution in [0.25, 0.3) is 0 Å². The summed E-state index contributed by atoms with van der Waals surface area (Å²) < 4.78 is 39.2. The number of unbranched alkanes of at least 4 members (excludes halogenated alkanes) is 2. The first kappa shape index (κ1) is 20.6. The van der Waals surface area contributed by atoms with Gasteiger partial charge in [-0.3, -0.25) is 0 Å². The summed E-state index contributed by atoms with van der Waals surface area (Å²) in [6, 6.07) is 11.9. The number of rotatable bonds is 4. The first-order valence-corrected chi connectivity index (χ1v) is 9.58. The second kappa shape index (κ2) is 9.33. The summed E-state index contributed by atoms with van der Waals surface area (Å²) in [6.07, 6.45) is -1.20. The van der Waals surface area contributed by atoms with Gasteiger partial charge in [0.1, 0.15) is 0 Å². The summed E-state index contributed by atoms with van der Waals surface area (Å²) in [6.45, 7) is 2.86. The van der Waals surface area contributed by atoms with Crippen molar-refractivity contribution in [2.24, 2.45) is 0 Å². The quantitative estimate of drug-likeness (QED) is 0.622. The third kappa shape index (κ3) is 4.95. The molecule has 2 aromatic carbocycles. The van der Waals surface area contributed by atoms with Crippen molar-refractivity contribution < 1.29 is 13.2 Å². The van der Waals surface area contributed by atoms with Crippen molar-refractivity contribution in [1.82, 2.24) is 5.32 Å². The molecule has 1 aliphatic rings. The lowest BCUT2D eigenvalue weighted by molar-refractivity contribution is -0.137. The Morgan fingerprint density at radius 3 is 2.27 bits per heavy atom. The molecule has 0 unspecified atom stereocenters. The van der Waals surface area contributed by atoms with Gasteiger partial charge in [0.15, 0.2) is 0 Å². The average molecular weight is 382 g/mol. The second-order valence-corrected chi connectivity index (χ2v) is 7.19. The summed E-state index contributed by atoms with van der Waals surface area (Å²) in [4.78, 5) is 4.01. The predicted molar refractivity (Wildman–Crippen MR) is 104 cm³/mol. The SMILES string of the molecule is CCCCCN1c2ccccc2Sc2ccc(C(F)(F)F)cc21.CNC. The van der Waals surface area contributed by atoms with Gasteiger partial charge in [-0.2, -0.15) is 13.2 Å². The van der Waals surface area contributed by atoms with E-state index in [1.165, 1.54) is 23.9 Å². The maximum absolute atomic E-state index is 13.1. The van der Waals surface area contributed by atoms with E-state index >= 15 is 0 Å². The van der Waals surface area contributed by atoms with Crippen LogP contribution in [0.4, 0.5) is 24.5 Å². The highest BCUT2D eigenvalue weighted by atomic mass is 32.2. The average Bonchev–Trinajstić information content (AvgIpc) is 2.60. The zero-order valence-electron chi connectivity index (χ0n) is 15.4. The van der Waals surface area contributed by atoms with Gasteiger partial charge >= 0.3 is 6.18 Å². The summed E-state index contributed by atoms with van der Waals surface area (Å²) in [5.41, 5.74) is 1.08. The highest BCUT2D eigenvalue weighted by molar-refractivity contribution is 7.99. The molecule has 0 aliphatic carbocycles. The van der Waals surface area contributed by atoms with Crippen molar-refractivity contribution in [2.75, 3.05) is 25.5 Å². The Balaban J connectivity index is 0.000000758. The second-order valence-electron chi connectivity index (χ2n) is 6.11. The fourth-order valence-electron chi connectivity index (χ4n) is 2.77. The summed E-state index contributed by atoms with van der Waals surface area (Å²) >= 11 is 1.54. The molecule has 1 aliphatic heterocycles. The van der Waals surface area contributed by atoms with Crippen LogP contribution in [0.3, 0.4) is 0 Å². The summed E-state index contributed by atoms with van der Waals surface area (Å²) in [5.74, 6) is 0. The summed E-state index contributed by atoms with van der Waals surface area (Å²) in [7, 11) is 3.75. The minimum Gasteiger partial charge on any atom is -0.340 e. The van der Waals surface area contributed by atoms with E-state index in [2.05, 4.69) is 12.2 Å². The van der Waals surface area contributed by atoms with E-state index in [9.17, 15) is 13.2 Å². The molecule has 26 heavy (non-hydrogen) atoms. The molecule has 1 N–H and O–H groups in total. The molecular weight excluding hydrogens is 357 g/mol. The van der Waals surface area contributed by atoms with E-state index in [0.717, 1.165) is 41.3 Å². The van der Waals surface area contributed by atoms with Gasteiger partial charge < -0.3 is 10.2 Å². The number of halogens is 3. The van der Waals surface area contributed by atoms with E-state index < -0.39 is 11.7 Å². The van der Waals surface area contributed by atoms with E-state index in [1.54, 1.807) is 6.07 Å². The number of alkyl halides is 3. The van der Waals surface area contributed by atoms with Crippen LogP contribution >= 0.6 is 11.8 Å².